The summed E-state index contributed by atoms with van der Waals surface area (Å²) in [6.45, 7) is 1.68. The number of carbonyl (C=O) groups excluding carboxylic acids is 1. The van der Waals surface area contributed by atoms with Crippen molar-refractivity contribution in [3.63, 3.8) is 0 Å². The van der Waals surface area contributed by atoms with Crippen molar-refractivity contribution in [1.29, 1.82) is 0 Å². The smallest absolute Gasteiger partial charge is 0.417 e. The summed E-state index contributed by atoms with van der Waals surface area (Å²) in [5, 5.41) is 15.4. The molecule has 0 radical (unpaired) electrons. The quantitative estimate of drug-likeness (QED) is 0.520. The van der Waals surface area contributed by atoms with E-state index in [2.05, 4.69) is 10.5 Å². The van der Waals surface area contributed by atoms with Gasteiger partial charge in [0.05, 0.1) is 17.3 Å². The Hall–Kier alpha value is -3.35. The van der Waals surface area contributed by atoms with Crippen molar-refractivity contribution in [2.24, 2.45) is 5.10 Å². The van der Waals surface area contributed by atoms with E-state index in [-0.39, 0.29) is 16.9 Å². The fourth-order valence-electron chi connectivity index (χ4n) is 2.78. The Morgan fingerprint density at radius 2 is 1.78 bits per heavy atom. The lowest BCUT2D eigenvalue weighted by molar-refractivity contribution is -0.137. The molecule has 0 atom stereocenters. The molecule has 7 heteroatoms. The number of halogens is 3. The molecule has 0 aromatic heterocycles. The molecule has 0 aliphatic heterocycles. The number of nitrogens with zero attached hydrogens (tertiary/aromatic N) is 1. The maximum Gasteiger partial charge on any atom is 0.417 e. The van der Waals surface area contributed by atoms with Crippen molar-refractivity contribution < 1.29 is 23.1 Å². The molecule has 138 valence electrons. The van der Waals surface area contributed by atoms with Gasteiger partial charge in [0.25, 0.3) is 5.91 Å². The van der Waals surface area contributed by atoms with Gasteiger partial charge in [0, 0.05) is 5.56 Å². The van der Waals surface area contributed by atoms with Gasteiger partial charge < -0.3 is 5.11 Å². The van der Waals surface area contributed by atoms with Gasteiger partial charge in [0.2, 0.25) is 0 Å². The van der Waals surface area contributed by atoms with Crippen LogP contribution in [-0.4, -0.2) is 17.2 Å². The number of nitrogens with one attached hydrogen (secondary N) is 1. The van der Waals surface area contributed by atoms with Crippen LogP contribution in [0.3, 0.4) is 0 Å². The zero-order chi connectivity index (χ0) is 19.6. The van der Waals surface area contributed by atoms with Gasteiger partial charge in [-0.2, -0.15) is 18.3 Å². The number of hydrogen-bond acceptors (Lipinski definition) is 3. The first-order valence-corrected chi connectivity index (χ1v) is 8.00. The molecule has 3 aromatic carbocycles. The van der Waals surface area contributed by atoms with Crippen molar-refractivity contribution in [2.45, 2.75) is 13.1 Å². The van der Waals surface area contributed by atoms with E-state index in [1.165, 1.54) is 24.3 Å². The highest BCUT2D eigenvalue weighted by Gasteiger charge is 2.32. The maximum absolute atomic E-state index is 13.0. The number of aryl methyl sites for hydroxylation is 1. The third-order valence-electron chi connectivity index (χ3n) is 4.16. The molecule has 4 nitrogen and oxygen atoms in total. The largest absolute Gasteiger partial charge is 0.507 e. The molecule has 0 saturated carbocycles. The van der Waals surface area contributed by atoms with Crippen molar-refractivity contribution in [2.75, 3.05) is 0 Å². The molecule has 0 aliphatic rings. The minimum Gasteiger partial charge on any atom is -0.507 e. The molecule has 1 amide bonds. The monoisotopic (exact) mass is 372 g/mol. The van der Waals surface area contributed by atoms with Crippen LogP contribution >= 0.6 is 0 Å². The third kappa shape index (κ3) is 3.76. The summed E-state index contributed by atoms with van der Waals surface area (Å²) >= 11 is 0. The predicted octanol–water partition coefficient (Wildman–Crippen LogP) is 4.64. The highest BCUT2D eigenvalue weighted by atomic mass is 19.4. The normalized spacial score (nSPS) is 11.9. The summed E-state index contributed by atoms with van der Waals surface area (Å²) in [5.74, 6) is -0.917. The minimum atomic E-state index is -4.53. The number of alkyl halides is 3. The van der Waals surface area contributed by atoms with Gasteiger partial charge in [0.1, 0.15) is 5.75 Å². The third-order valence-corrected chi connectivity index (χ3v) is 4.16. The van der Waals surface area contributed by atoms with E-state index in [4.69, 9.17) is 0 Å². The van der Waals surface area contributed by atoms with E-state index < -0.39 is 17.6 Å². The Morgan fingerprint density at radius 1 is 1.11 bits per heavy atom. The summed E-state index contributed by atoms with van der Waals surface area (Å²) in [5.41, 5.74) is 1.66. The number of phenols is 1. The van der Waals surface area contributed by atoms with Crippen LogP contribution in [0.1, 0.15) is 27.0 Å². The molecule has 3 aromatic rings. The molecular formula is C20H15F3N2O2. The average Bonchev–Trinajstić information content (AvgIpc) is 2.64. The molecular weight excluding hydrogens is 357 g/mol. The number of hydrogen-bond donors (Lipinski definition) is 2. The number of carbonyl (C=O) groups is 1. The second-order valence-electron chi connectivity index (χ2n) is 5.90. The molecule has 3 rings (SSSR count). The average molecular weight is 372 g/mol. The Kier molecular flexibility index (Phi) is 4.85. The second kappa shape index (κ2) is 7.11. The van der Waals surface area contributed by atoms with Gasteiger partial charge in [-0.25, -0.2) is 5.43 Å². The van der Waals surface area contributed by atoms with Crippen LogP contribution in [0.15, 0.2) is 59.7 Å². The van der Waals surface area contributed by atoms with Crippen molar-refractivity contribution >= 4 is 22.9 Å². The van der Waals surface area contributed by atoms with Crippen LogP contribution in [0.2, 0.25) is 0 Å². The Bertz CT molecular complexity index is 1040. The van der Waals surface area contributed by atoms with Gasteiger partial charge >= 0.3 is 6.18 Å². The van der Waals surface area contributed by atoms with E-state index in [0.717, 1.165) is 23.1 Å². The zero-order valence-electron chi connectivity index (χ0n) is 14.2. The van der Waals surface area contributed by atoms with Crippen molar-refractivity contribution in [3.05, 3.63) is 76.9 Å². The number of hydrazone groups is 1. The molecule has 0 spiro atoms. The molecule has 0 unspecified atom stereocenters. The highest BCUT2D eigenvalue weighted by Crippen LogP contribution is 2.32. The Morgan fingerprint density at radius 3 is 2.52 bits per heavy atom. The van der Waals surface area contributed by atoms with Gasteiger partial charge in [-0.1, -0.05) is 42.5 Å². The summed E-state index contributed by atoms with van der Waals surface area (Å²) in [4.78, 5) is 12.3. The van der Waals surface area contributed by atoms with Crippen LogP contribution in [0.25, 0.3) is 10.8 Å². The number of benzene rings is 3. The van der Waals surface area contributed by atoms with Gasteiger partial charge in [-0.15, -0.1) is 0 Å². The van der Waals surface area contributed by atoms with Gasteiger partial charge in [0.15, 0.2) is 0 Å². The molecule has 0 bridgehead atoms. The summed E-state index contributed by atoms with van der Waals surface area (Å²) < 4.78 is 38.9. The Balaban J connectivity index is 1.86. The molecule has 0 fully saturated rings. The van der Waals surface area contributed by atoms with Crippen LogP contribution in [0.5, 0.6) is 5.75 Å². The van der Waals surface area contributed by atoms with E-state index in [0.29, 0.717) is 5.56 Å². The Labute approximate surface area is 152 Å². The lowest BCUT2D eigenvalue weighted by Gasteiger charge is -2.10. The molecule has 0 saturated heterocycles. The standard InChI is InChI=1S/C20H15F3N2O2/c1-12-15-8-4-2-6-13(15)10-16(18(12)26)19(27)25-24-11-14-7-3-5-9-17(14)20(21,22)23/h2-11,26H,1H3,(H,25,27)/b24-11+. The fraction of sp³-hybridized carbons (Fsp3) is 0.100. The molecule has 2 N–H and O–H groups in total. The van der Waals surface area contributed by atoms with Crippen molar-refractivity contribution in [3.8, 4) is 5.75 Å². The lowest BCUT2D eigenvalue weighted by Crippen LogP contribution is -2.18. The van der Waals surface area contributed by atoms with Crippen LogP contribution < -0.4 is 5.43 Å². The number of amides is 1. The van der Waals surface area contributed by atoms with E-state index >= 15 is 0 Å². The predicted molar refractivity (Wildman–Crippen MR) is 96.9 cm³/mol. The van der Waals surface area contributed by atoms with E-state index in [9.17, 15) is 23.1 Å². The minimum absolute atomic E-state index is 0.00698. The fourth-order valence-corrected chi connectivity index (χ4v) is 2.78. The molecule has 27 heavy (non-hydrogen) atoms. The van der Waals surface area contributed by atoms with E-state index in [1.807, 2.05) is 12.1 Å². The number of phenolic OH excluding ortho intramolecular Hbond substituents is 1. The summed E-state index contributed by atoms with van der Waals surface area (Å²) in [7, 11) is 0. The van der Waals surface area contributed by atoms with Gasteiger partial charge in [-0.05, 0) is 35.4 Å². The topological polar surface area (TPSA) is 61.7 Å². The number of aromatic hydroxyl groups is 1. The number of rotatable bonds is 3. The SMILES string of the molecule is Cc1c(O)c(C(=O)N/N=C/c2ccccc2C(F)(F)F)cc2ccccc12. The zero-order valence-corrected chi connectivity index (χ0v) is 14.2. The highest BCUT2D eigenvalue weighted by molar-refractivity contribution is 6.03. The van der Waals surface area contributed by atoms with Crippen molar-refractivity contribution in [1.82, 2.24) is 5.43 Å². The van der Waals surface area contributed by atoms with Gasteiger partial charge in [-0.3, -0.25) is 4.79 Å². The maximum atomic E-state index is 13.0. The molecule has 0 aliphatic carbocycles. The van der Waals surface area contributed by atoms with Crippen LogP contribution in [-0.2, 0) is 6.18 Å². The van der Waals surface area contributed by atoms with E-state index in [1.54, 1.807) is 19.1 Å². The molecule has 0 heterocycles. The lowest BCUT2D eigenvalue weighted by atomic mass is 10.00. The first kappa shape index (κ1) is 18.4. The summed E-state index contributed by atoms with van der Waals surface area (Å²) in [6.07, 6.45) is -3.61. The first-order chi connectivity index (χ1) is 12.8. The van der Waals surface area contributed by atoms with Crippen LogP contribution in [0.4, 0.5) is 13.2 Å². The summed E-state index contributed by atoms with van der Waals surface area (Å²) in [6, 6.07) is 13.6. The second-order valence-corrected chi connectivity index (χ2v) is 5.90. The first-order valence-electron chi connectivity index (χ1n) is 8.00. The van der Waals surface area contributed by atoms with Crippen LogP contribution in [0, 0.1) is 6.92 Å². The number of fused-ring (bicyclic) bond motifs is 1.